The Bertz CT molecular complexity index is 736. The van der Waals surface area contributed by atoms with Gasteiger partial charge in [-0.1, -0.05) is 0 Å². The maximum atomic E-state index is 12.5. The van der Waals surface area contributed by atoms with Gasteiger partial charge < -0.3 is 24.4 Å². The van der Waals surface area contributed by atoms with Gasteiger partial charge in [-0.05, 0) is 31.4 Å². The number of fused-ring (bicyclic) bond motifs is 1. The molecule has 0 unspecified atom stereocenters. The quantitative estimate of drug-likeness (QED) is 0.732. The smallest absolute Gasteiger partial charge is 0.287 e. The molecule has 1 aliphatic rings. The second-order valence-electron chi connectivity index (χ2n) is 5.85. The van der Waals surface area contributed by atoms with Crippen LogP contribution in [-0.2, 0) is 24.2 Å². The number of nitrogens with one attached hydrogen (secondary N) is 2. The number of furan rings is 1. The SMILES string of the molecule is COCCNC(=O)c1nc(C(=O)NCc2ccco2)c2n1CCCC2. The summed E-state index contributed by atoms with van der Waals surface area (Å²) in [5, 5.41) is 5.56. The maximum Gasteiger partial charge on any atom is 0.287 e. The van der Waals surface area contributed by atoms with Gasteiger partial charge in [-0.2, -0.15) is 0 Å². The fraction of sp³-hybridized carbons (Fsp3) is 0.471. The van der Waals surface area contributed by atoms with Crippen LogP contribution >= 0.6 is 0 Å². The standard InChI is InChI=1S/C17H22N4O4/c1-24-10-7-18-17(23)15-20-14(13-6-2-3-8-21(13)15)16(22)19-11-12-5-4-9-25-12/h4-5,9H,2-3,6-8,10-11H2,1H3,(H,18,23)(H,19,22). The lowest BCUT2D eigenvalue weighted by Crippen LogP contribution is -2.30. The van der Waals surface area contributed by atoms with E-state index in [1.807, 2.05) is 4.57 Å². The third kappa shape index (κ3) is 3.90. The van der Waals surface area contributed by atoms with Gasteiger partial charge in [-0.25, -0.2) is 4.98 Å². The molecule has 0 radical (unpaired) electrons. The van der Waals surface area contributed by atoms with Gasteiger partial charge in [0, 0.05) is 20.2 Å². The first kappa shape index (κ1) is 17.2. The molecule has 0 atom stereocenters. The number of amides is 2. The van der Waals surface area contributed by atoms with Crippen LogP contribution in [0.25, 0.3) is 0 Å². The monoisotopic (exact) mass is 346 g/mol. The molecule has 1 aliphatic heterocycles. The van der Waals surface area contributed by atoms with E-state index in [4.69, 9.17) is 9.15 Å². The van der Waals surface area contributed by atoms with Gasteiger partial charge in [0.2, 0.25) is 0 Å². The van der Waals surface area contributed by atoms with Crippen LogP contribution in [-0.4, -0.2) is 41.6 Å². The number of carbonyl (C=O) groups excluding carboxylic acids is 2. The number of hydrogen-bond acceptors (Lipinski definition) is 5. The van der Waals surface area contributed by atoms with Gasteiger partial charge in [-0.3, -0.25) is 9.59 Å². The topological polar surface area (TPSA) is 98.4 Å². The van der Waals surface area contributed by atoms with E-state index in [1.165, 1.54) is 0 Å². The maximum absolute atomic E-state index is 12.5. The van der Waals surface area contributed by atoms with Crippen molar-refractivity contribution in [1.29, 1.82) is 0 Å². The molecule has 25 heavy (non-hydrogen) atoms. The average molecular weight is 346 g/mol. The highest BCUT2D eigenvalue weighted by Crippen LogP contribution is 2.21. The molecule has 134 valence electrons. The van der Waals surface area contributed by atoms with Crippen LogP contribution in [0.5, 0.6) is 0 Å². The van der Waals surface area contributed by atoms with E-state index >= 15 is 0 Å². The van der Waals surface area contributed by atoms with E-state index in [0.29, 0.717) is 31.2 Å². The highest BCUT2D eigenvalue weighted by molar-refractivity contribution is 5.97. The summed E-state index contributed by atoms with van der Waals surface area (Å²) >= 11 is 0. The normalized spacial score (nSPS) is 13.3. The molecule has 8 heteroatoms. The predicted molar refractivity (Wildman–Crippen MR) is 89.3 cm³/mol. The lowest BCUT2D eigenvalue weighted by Gasteiger charge is -2.17. The van der Waals surface area contributed by atoms with E-state index in [0.717, 1.165) is 25.0 Å². The average Bonchev–Trinajstić information content (AvgIpc) is 3.27. The lowest BCUT2D eigenvalue weighted by atomic mass is 10.1. The van der Waals surface area contributed by atoms with Gasteiger partial charge in [0.25, 0.3) is 11.8 Å². The Morgan fingerprint density at radius 2 is 2.20 bits per heavy atom. The number of ether oxygens (including phenoxy) is 1. The largest absolute Gasteiger partial charge is 0.467 e. The first-order valence-corrected chi connectivity index (χ1v) is 8.38. The van der Waals surface area contributed by atoms with Crippen LogP contribution in [0.1, 0.15) is 45.4 Å². The van der Waals surface area contributed by atoms with Gasteiger partial charge >= 0.3 is 0 Å². The summed E-state index contributed by atoms with van der Waals surface area (Å²) in [5.74, 6) is 0.371. The van der Waals surface area contributed by atoms with E-state index in [1.54, 1.807) is 25.5 Å². The fourth-order valence-corrected chi connectivity index (χ4v) is 2.91. The molecule has 0 aliphatic carbocycles. The molecule has 0 spiro atoms. The fourth-order valence-electron chi connectivity index (χ4n) is 2.91. The molecule has 2 aromatic rings. The van der Waals surface area contributed by atoms with E-state index in [-0.39, 0.29) is 24.2 Å². The minimum absolute atomic E-state index is 0.285. The zero-order valence-electron chi connectivity index (χ0n) is 14.2. The Hall–Kier alpha value is -2.61. The Morgan fingerprint density at radius 3 is 2.96 bits per heavy atom. The van der Waals surface area contributed by atoms with Crippen LogP contribution in [0.15, 0.2) is 22.8 Å². The van der Waals surface area contributed by atoms with Crippen LogP contribution in [0, 0.1) is 0 Å². The van der Waals surface area contributed by atoms with Gasteiger partial charge in [0.05, 0.1) is 25.1 Å². The zero-order chi connectivity index (χ0) is 17.6. The Labute approximate surface area is 145 Å². The summed E-state index contributed by atoms with van der Waals surface area (Å²) in [6, 6.07) is 3.56. The molecule has 8 nitrogen and oxygen atoms in total. The van der Waals surface area contributed by atoms with E-state index in [9.17, 15) is 9.59 Å². The molecule has 2 aromatic heterocycles. The Morgan fingerprint density at radius 1 is 1.32 bits per heavy atom. The summed E-state index contributed by atoms with van der Waals surface area (Å²) in [6.07, 6.45) is 4.24. The number of carbonyl (C=O) groups is 2. The van der Waals surface area contributed by atoms with Crippen LogP contribution in [0.4, 0.5) is 0 Å². The molecule has 0 aromatic carbocycles. The van der Waals surface area contributed by atoms with Crippen molar-refractivity contribution in [2.75, 3.05) is 20.3 Å². The van der Waals surface area contributed by atoms with Crippen LogP contribution in [0.3, 0.4) is 0 Å². The van der Waals surface area contributed by atoms with Crippen molar-refractivity contribution in [3.05, 3.63) is 41.4 Å². The van der Waals surface area contributed by atoms with Crippen molar-refractivity contribution in [2.24, 2.45) is 0 Å². The molecule has 0 bridgehead atoms. The molecule has 2 amide bonds. The number of imidazole rings is 1. The van der Waals surface area contributed by atoms with Gasteiger partial charge in [0.15, 0.2) is 5.82 Å². The summed E-state index contributed by atoms with van der Waals surface area (Å²) < 4.78 is 12.0. The number of hydrogen-bond donors (Lipinski definition) is 2. The van der Waals surface area contributed by atoms with Crippen molar-refractivity contribution in [3.8, 4) is 0 Å². The van der Waals surface area contributed by atoms with Crippen molar-refractivity contribution >= 4 is 11.8 Å². The second kappa shape index (κ2) is 7.98. The van der Waals surface area contributed by atoms with Crippen LogP contribution in [0.2, 0.25) is 0 Å². The predicted octanol–water partition coefficient (Wildman–Crippen LogP) is 1.12. The molecule has 0 saturated heterocycles. The number of methoxy groups -OCH3 is 1. The Balaban J connectivity index is 1.76. The summed E-state index contributed by atoms with van der Waals surface area (Å²) in [5.41, 5.74) is 1.14. The summed E-state index contributed by atoms with van der Waals surface area (Å²) in [4.78, 5) is 29.2. The van der Waals surface area contributed by atoms with E-state index in [2.05, 4.69) is 15.6 Å². The third-order valence-corrected chi connectivity index (χ3v) is 4.13. The molecule has 2 N–H and O–H groups in total. The third-order valence-electron chi connectivity index (χ3n) is 4.13. The minimum atomic E-state index is -0.294. The minimum Gasteiger partial charge on any atom is -0.467 e. The first-order valence-electron chi connectivity index (χ1n) is 8.38. The van der Waals surface area contributed by atoms with Crippen molar-refractivity contribution < 1.29 is 18.7 Å². The lowest BCUT2D eigenvalue weighted by molar-refractivity contribution is 0.0921. The van der Waals surface area contributed by atoms with Crippen molar-refractivity contribution in [1.82, 2.24) is 20.2 Å². The molecule has 3 heterocycles. The summed E-state index contributed by atoms with van der Waals surface area (Å²) in [7, 11) is 1.57. The van der Waals surface area contributed by atoms with Gasteiger partial charge in [0.1, 0.15) is 11.5 Å². The molecule has 3 rings (SSSR count). The highest BCUT2D eigenvalue weighted by Gasteiger charge is 2.27. The van der Waals surface area contributed by atoms with Gasteiger partial charge in [-0.15, -0.1) is 0 Å². The molecule has 0 saturated carbocycles. The number of nitrogens with zero attached hydrogens (tertiary/aromatic N) is 2. The molecular formula is C17H22N4O4. The van der Waals surface area contributed by atoms with E-state index < -0.39 is 0 Å². The second-order valence-corrected chi connectivity index (χ2v) is 5.85. The number of rotatable bonds is 7. The first-order chi connectivity index (χ1) is 12.2. The molecule has 0 fully saturated rings. The van der Waals surface area contributed by atoms with Crippen molar-refractivity contribution in [2.45, 2.75) is 32.4 Å². The summed E-state index contributed by atoms with van der Waals surface area (Å²) in [6.45, 7) is 1.81. The number of aromatic nitrogens is 2. The highest BCUT2D eigenvalue weighted by atomic mass is 16.5. The van der Waals surface area contributed by atoms with Crippen LogP contribution < -0.4 is 10.6 Å². The molecular weight excluding hydrogens is 324 g/mol. The Kier molecular flexibility index (Phi) is 5.49. The van der Waals surface area contributed by atoms with Crippen molar-refractivity contribution in [3.63, 3.8) is 0 Å². The zero-order valence-corrected chi connectivity index (χ0v) is 14.2.